The van der Waals surface area contributed by atoms with E-state index in [0.29, 0.717) is 24.3 Å². The summed E-state index contributed by atoms with van der Waals surface area (Å²) in [5, 5.41) is 3.66. The molecule has 1 aliphatic heterocycles. The number of nitrogens with zero attached hydrogens (tertiary/aromatic N) is 1. The molecule has 1 N–H and O–H groups in total. The van der Waals surface area contributed by atoms with Gasteiger partial charge < -0.3 is 9.64 Å². The van der Waals surface area contributed by atoms with Gasteiger partial charge in [-0.3, -0.25) is 10.1 Å². The Morgan fingerprint density at radius 1 is 1.29 bits per heavy atom. The third-order valence-electron chi connectivity index (χ3n) is 5.34. The molecular weight excluding hydrogens is 264 g/mol. The highest BCUT2D eigenvalue weighted by molar-refractivity contribution is 5.91. The molecule has 4 heteroatoms. The smallest absolute Gasteiger partial charge is 0.244 e. The molecule has 2 aliphatic carbocycles. The predicted octanol–water partition coefficient (Wildman–Crippen LogP) is 2.53. The van der Waals surface area contributed by atoms with Crippen molar-refractivity contribution in [3.63, 3.8) is 0 Å². The maximum Gasteiger partial charge on any atom is 0.244 e. The molecule has 3 aliphatic rings. The molecule has 1 amide bonds. The fourth-order valence-electron chi connectivity index (χ4n) is 3.78. The first-order chi connectivity index (χ1) is 10.1. The molecule has 2 saturated carbocycles. The molecule has 1 saturated heterocycles. The second-order valence-corrected chi connectivity index (χ2v) is 7.51. The Hall–Kier alpha value is -0.610. The van der Waals surface area contributed by atoms with Crippen LogP contribution in [-0.2, 0) is 9.53 Å². The Balaban J connectivity index is 1.51. The van der Waals surface area contributed by atoms with Crippen molar-refractivity contribution < 1.29 is 9.53 Å². The van der Waals surface area contributed by atoms with E-state index in [1.807, 2.05) is 0 Å². The Bertz CT molecular complexity index is 373. The summed E-state index contributed by atoms with van der Waals surface area (Å²) >= 11 is 0. The van der Waals surface area contributed by atoms with Crippen LogP contribution in [0.1, 0.15) is 58.8 Å². The fourth-order valence-corrected chi connectivity index (χ4v) is 3.78. The summed E-state index contributed by atoms with van der Waals surface area (Å²) in [6.07, 6.45) is 8.61. The van der Waals surface area contributed by atoms with E-state index in [9.17, 15) is 4.79 Å². The predicted molar refractivity (Wildman–Crippen MR) is 82.8 cm³/mol. The van der Waals surface area contributed by atoms with Crippen molar-refractivity contribution in [2.75, 3.05) is 19.8 Å². The first kappa shape index (κ1) is 15.3. The van der Waals surface area contributed by atoms with Crippen LogP contribution in [0.4, 0.5) is 0 Å². The summed E-state index contributed by atoms with van der Waals surface area (Å²) in [7, 11) is 0. The molecular formula is C17H30N2O2. The molecule has 1 spiro atoms. The van der Waals surface area contributed by atoms with Crippen LogP contribution >= 0.6 is 0 Å². The third kappa shape index (κ3) is 3.26. The molecule has 1 heterocycles. The number of carbonyl (C=O) groups excluding carboxylic acids is 1. The molecule has 21 heavy (non-hydrogen) atoms. The van der Waals surface area contributed by atoms with Gasteiger partial charge in [-0.25, -0.2) is 0 Å². The summed E-state index contributed by atoms with van der Waals surface area (Å²) in [5.41, 5.74) is -0.175. The molecule has 0 bridgehead atoms. The Morgan fingerprint density at radius 2 is 2.00 bits per heavy atom. The van der Waals surface area contributed by atoms with Crippen molar-refractivity contribution in [2.45, 2.75) is 70.5 Å². The lowest BCUT2D eigenvalue weighted by Crippen LogP contribution is -2.44. The maximum atomic E-state index is 12.6. The second kappa shape index (κ2) is 6.25. The van der Waals surface area contributed by atoms with Crippen LogP contribution in [0.15, 0.2) is 0 Å². The van der Waals surface area contributed by atoms with Crippen LogP contribution in [0.2, 0.25) is 0 Å². The van der Waals surface area contributed by atoms with E-state index in [2.05, 4.69) is 24.1 Å². The first-order valence-corrected chi connectivity index (χ1v) is 8.79. The van der Waals surface area contributed by atoms with E-state index in [0.717, 1.165) is 32.4 Å². The molecule has 0 radical (unpaired) electrons. The van der Waals surface area contributed by atoms with Crippen molar-refractivity contribution in [3.8, 4) is 0 Å². The normalized spacial score (nSPS) is 28.2. The molecule has 3 fully saturated rings. The Labute approximate surface area is 128 Å². The average molecular weight is 294 g/mol. The molecule has 120 valence electrons. The van der Waals surface area contributed by atoms with E-state index in [-0.39, 0.29) is 11.7 Å². The van der Waals surface area contributed by atoms with Gasteiger partial charge >= 0.3 is 0 Å². The average Bonchev–Trinajstić information content (AvgIpc) is 2.93. The van der Waals surface area contributed by atoms with Crippen LogP contribution in [0.5, 0.6) is 0 Å². The second-order valence-electron chi connectivity index (χ2n) is 7.51. The van der Waals surface area contributed by atoms with Crippen LogP contribution in [0.3, 0.4) is 0 Å². The van der Waals surface area contributed by atoms with E-state index in [1.54, 1.807) is 0 Å². The van der Waals surface area contributed by atoms with Gasteiger partial charge in [0.2, 0.25) is 5.91 Å². The number of ether oxygens (including phenoxy) is 1. The molecule has 4 nitrogen and oxygen atoms in total. The first-order valence-electron chi connectivity index (χ1n) is 8.79. The van der Waals surface area contributed by atoms with Gasteiger partial charge in [0.05, 0.1) is 18.3 Å². The molecule has 0 aromatic rings. The summed E-state index contributed by atoms with van der Waals surface area (Å²) < 4.78 is 5.73. The molecule has 0 aromatic carbocycles. The van der Waals surface area contributed by atoms with E-state index in [4.69, 9.17) is 4.74 Å². The number of carbonyl (C=O) groups is 1. The van der Waals surface area contributed by atoms with Crippen molar-refractivity contribution in [2.24, 2.45) is 11.8 Å². The maximum absolute atomic E-state index is 12.6. The van der Waals surface area contributed by atoms with E-state index in [1.165, 1.54) is 25.7 Å². The van der Waals surface area contributed by atoms with E-state index < -0.39 is 0 Å². The summed E-state index contributed by atoms with van der Waals surface area (Å²) in [5.74, 6) is 1.68. The number of hydrogen-bond acceptors (Lipinski definition) is 3. The lowest BCUT2D eigenvalue weighted by atomic mass is 10.0. The molecule has 1 unspecified atom stereocenters. The van der Waals surface area contributed by atoms with Crippen LogP contribution < -0.4 is 5.32 Å². The van der Waals surface area contributed by atoms with Crippen LogP contribution in [0, 0.1) is 11.8 Å². The van der Waals surface area contributed by atoms with E-state index >= 15 is 0 Å². The minimum Gasteiger partial charge on any atom is -0.380 e. The van der Waals surface area contributed by atoms with Gasteiger partial charge in [-0.05, 0) is 43.9 Å². The van der Waals surface area contributed by atoms with Gasteiger partial charge in [-0.15, -0.1) is 0 Å². The van der Waals surface area contributed by atoms with Gasteiger partial charge in [0.25, 0.3) is 0 Å². The highest BCUT2D eigenvalue weighted by atomic mass is 16.5. The number of hydrogen-bond donors (Lipinski definition) is 1. The lowest BCUT2D eigenvalue weighted by molar-refractivity contribution is -0.132. The highest BCUT2D eigenvalue weighted by Crippen LogP contribution is 2.45. The molecule has 1 atom stereocenters. The summed E-state index contributed by atoms with van der Waals surface area (Å²) in [4.78, 5) is 14.7. The van der Waals surface area contributed by atoms with Gasteiger partial charge in [-0.1, -0.05) is 26.7 Å². The van der Waals surface area contributed by atoms with Crippen molar-refractivity contribution in [3.05, 3.63) is 0 Å². The van der Waals surface area contributed by atoms with Gasteiger partial charge in [0.1, 0.15) is 0 Å². The topological polar surface area (TPSA) is 41.6 Å². The van der Waals surface area contributed by atoms with Gasteiger partial charge in [0, 0.05) is 13.2 Å². The SMILES string of the molecule is CC(C)CCOCCN1C(=O)C2(CC2)NC1C1CCCC1. The third-order valence-corrected chi connectivity index (χ3v) is 5.34. The summed E-state index contributed by atoms with van der Waals surface area (Å²) in [6, 6.07) is 0. The Kier molecular flexibility index (Phi) is 4.55. The zero-order chi connectivity index (χ0) is 14.9. The largest absolute Gasteiger partial charge is 0.380 e. The zero-order valence-electron chi connectivity index (χ0n) is 13.6. The van der Waals surface area contributed by atoms with Crippen molar-refractivity contribution in [1.29, 1.82) is 0 Å². The standard InChI is InChI=1S/C17H30N2O2/c1-13(2)7-11-21-12-10-19-15(14-5-3-4-6-14)18-17(8-9-17)16(19)20/h13-15,18H,3-12H2,1-2H3. The van der Waals surface area contributed by atoms with Gasteiger partial charge in [-0.2, -0.15) is 0 Å². The number of nitrogens with one attached hydrogen (secondary N) is 1. The quantitative estimate of drug-likeness (QED) is 0.734. The van der Waals surface area contributed by atoms with Crippen molar-refractivity contribution in [1.82, 2.24) is 10.2 Å². The number of amides is 1. The number of rotatable bonds is 7. The fraction of sp³-hybridized carbons (Fsp3) is 0.941. The Morgan fingerprint density at radius 3 is 2.62 bits per heavy atom. The van der Waals surface area contributed by atoms with Crippen LogP contribution in [0.25, 0.3) is 0 Å². The monoisotopic (exact) mass is 294 g/mol. The summed E-state index contributed by atoms with van der Waals surface area (Å²) in [6.45, 7) is 6.67. The highest BCUT2D eigenvalue weighted by Gasteiger charge is 2.60. The minimum atomic E-state index is -0.175. The zero-order valence-corrected chi connectivity index (χ0v) is 13.6. The molecule has 3 rings (SSSR count). The van der Waals surface area contributed by atoms with Crippen molar-refractivity contribution >= 4 is 5.91 Å². The molecule has 0 aromatic heterocycles. The van der Waals surface area contributed by atoms with Crippen LogP contribution in [-0.4, -0.2) is 42.3 Å². The van der Waals surface area contributed by atoms with Gasteiger partial charge in [0.15, 0.2) is 0 Å². The lowest BCUT2D eigenvalue weighted by Gasteiger charge is -2.29. The minimum absolute atomic E-state index is 0.175.